The number of carbonyl (C=O) groups is 2. The summed E-state index contributed by atoms with van der Waals surface area (Å²) in [5, 5.41) is 0. The number of nitrogens with zero attached hydrogens (tertiary/aromatic N) is 1. The third-order valence-electron chi connectivity index (χ3n) is 2.82. The molecule has 2 aromatic rings. The van der Waals surface area contributed by atoms with Gasteiger partial charge in [-0.3, -0.25) is 14.5 Å². The largest absolute Gasteiger partial charge is 0.269 e. The first-order chi connectivity index (χ1) is 8.66. The lowest BCUT2D eigenvalue weighted by Crippen LogP contribution is -2.28. The van der Waals surface area contributed by atoms with Crippen molar-refractivity contribution in [1.82, 2.24) is 4.90 Å². The Morgan fingerprint density at radius 1 is 1.00 bits per heavy atom. The molecule has 0 fully saturated rings. The van der Waals surface area contributed by atoms with Crippen LogP contribution < -0.4 is 0 Å². The topological polar surface area (TPSA) is 37.4 Å². The number of rotatable bonds is 2. The molecule has 1 aromatic carbocycles. The van der Waals surface area contributed by atoms with Crippen LogP contribution in [0.1, 0.15) is 25.6 Å². The van der Waals surface area contributed by atoms with E-state index in [4.69, 9.17) is 0 Å². The second-order valence-corrected chi connectivity index (χ2v) is 6.50. The Bertz CT molecular complexity index is 615. The predicted molar refractivity (Wildman–Crippen MR) is 72.7 cm³/mol. The van der Waals surface area contributed by atoms with Crippen molar-refractivity contribution < 1.29 is 9.59 Å². The molecular weight excluding hydrogens is 314 g/mol. The Hall–Kier alpha value is -1.46. The summed E-state index contributed by atoms with van der Waals surface area (Å²) in [6.07, 6.45) is 0. The summed E-state index contributed by atoms with van der Waals surface area (Å²) < 4.78 is 0.995. The van der Waals surface area contributed by atoms with Crippen LogP contribution in [0, 0.1) is 0 Å². The fourth-order valence-electron chi connectivity index (χ4n) is 1.98. The Morgan fingerprint density at radius 2 is 1.61 bits per heavy atom. The van der Waals surface area contributed by atoms with Crippen LogP contribution in [0.25, 0.3) is 0 Å². The zero-order valence-corrected chi connectivity index (χ0v) is 11.6. The van der Waals surface area contributed by atoms with Crippen molar-refractivity contribution in [2.45, 2.75) is 6.54 Å². The van der Waals surface area contributed by atoms with E-state index in [1.807, 2.05) is 12.1 Å². The van der Waals surface area contributed by atoms with Crippen molar-refractivity contribution in [3.8, 4) is 0 Å². The van der Waals surface area contributed by atoms with Crippen molar-refractivity contribution in [2.24, 2.45) is 0 Å². The van der Waals surface area contributed by atoms with E-state index in [0.717, 1.165) is 8.66 Å². The lowest BCUT2D eigenvalue weighted by molar-refractivity contribution is 0.0644. The molecule has 0 N–H and O–H groups in total. The van der Waals surface area contributed by atoms with Gasteiger partial charge in [0.1, 0.15) is 0 Å². The molecule has 18 heavy (non-hydrogen) atoms. The summed E-state index contributed by atoms with van der Waals surface area (Å²) in [6, 6.07) is 10.8. The van der Waals surface area contributed by atoms with E-state index >= 15 is 0 Å². The molecule has 1 aliphatic rings. The molecule has 2 amide bonds. The lowest BCUT2D eigenvalue weighted by Gasteiger charge is -2.11. The average Bonchev–Trinajstić information content (AvgIpc) is 2.88. The Balaban J connectivity index is 1.92. The van der Waals surface area contributed by atoms with Crippen LogP contribution in [0.3, 0.4) is 0 Å². The highest BCUT2D eigenvalue weighted by Gasteiger charge is 2.35. The summed E-state index contributed by atoms with van der Waals surface area (Å²) in [7, 11) is 0. The summed E-state index contributed by atoms with van der Waals surface area (Å²) in [6.45, 7) is 0.336. The highest BCUT2D eigenvalue weighted by Crippen LogP contribution is 2.28. The zero-order valence-electron chi connectivity index (χ0n) is 9.22. The van der Waals surface area contributed by atoms with Gasteiger partial charge in [-0.15, -0.1) is 11.3 Å². The smallest absolute Gasteiger partial charge is 0.261 e. The van der Waals surface area contributed by atoms with Gasteiger partial charge in [-0.05, 0) is 40.2 Å². The van der Waals surface area contributed by atoms with Crippen molar-refractivity contribution in [1.29, 1.82) is 0 Å². The van der Waals surface area contributed by atoms with E-state index in [-0.39, 0.29) is 11.8 Å². The number of carbonyl (C=O) groups excluding carboxylic acids is 2. The fourth-order valence-corrected chi connectivity index (χ4v) is 3.45. The van der Waals surface area contributed by atoms with Gasteiger partial charge in [0.05, 0.1) is 21.5 Å². The third-order valence-corrected chi connectivity index (χ3v) is 4.43. The van der Waals surface area contributed by atoms with Crippen LogP contribution in [0.5, 0.6) is 0 Å². The number of hydrogen-bond acceptors (Lipinski definition) is 3. The molecule has 2 heterocycles. The van der Waals surface area contributed by atoms with Gasteiger partial charge in [-0.25, -0.2) is 0 Å². The Labute approximate surface area is 116 Å². The number of imide groups is 1. The van der Waals surface area contributed by atoms with Gasteiger partial charge in [0.2, 0.25) is 0 Å². The minimum Gasteiger partial charge on any atom is -0.269 e. The molecular formula is C13H8BrNO2S. The van der Waals surface area contributed by atoms with E-state index in [0.29, 0.717) is 17.7 Å². The van der Waals surface area contributed by atoms with Crippen molar-refractivity contribution in [3.63, 3.8) is 0 Å². The van der Waals surface area contributed by atoms with Crippen molar-refractivity contribution in [3.05, 3.63) is 56.2 Å². The van der Waals surface area contributed by atoms with Gasteiger partial charge in [0.15, 0.2) is 0 Å². The van der Waals surface area contributed by atoms with E-state index in [2.05, 4.69) is 15.9 Å². The third kappa shape index (κ3) is 1.79. The Morgan fingerprint density at radius 3 is 2.11 bits per heavy atom. The minimum atomic E-state index is -0.208. The van der Waals surface area contributed by atoms with Gasteiger partial charge >= 0.3 is 0 Å². The van der Waals surface area contributed by atoms with E-state index in [1.165, 1.54) is 16.2 Å². The lowest BCUT2D eigenvalue weighted by atomic mass is 10.1. The van der Waals surface area contributed by atoms with Crippen LogP contribution >= 0.6 is 27.3 Å². The highest BCUT2D eigenvalue weighted by atomic mass is 79.9. The molecule has 0 saturated heterocycles. The first-order valence-corrected chi connectivity index (χ1v) is 6.97. The number of thiophene rings is 1. The molecule has 90 valence electrons. The van der Waals surface area contributed by atoms with Crippen LogP contribution in [0.4, 0.5) is 0 Å². The second kappa shape index (κ2) is 4.33. The summed E-state index contributed by atoms with van der Waals surface area (Å²) in [5.41, 5.74) is 0.997. The normalized spacial score (nSPS) is 14.2. The average molecular weight is 322 g/mol. The molecule has 0 radical (unpaired) electrons. The molecule has 0 saturated carbocycles. The molecule has 1 aliphatic heterocycles. The van der Waals surface area contributed by atoms with Crippen molar-refractivity contribution in [2.75, 3.05) is 0 Å². The predicted octanol–water partition coefficient (Wildman–Crippen LogP) is 3.31. The maximum Gasteiger partial charge on any atom is 0.261 e. The first kappa shape index (κ1) is 11.6. The van der Waals surface area contributed by atoms with Gasteiger partial charge in [-0.1, -0.05) is 12.1 Å². The summed E-state index contributed by atoms with van der Waals surface area (Å²) >= 11 is 4.90. The van der Waals surface area contributed by atoms with Crippen LogP contribution in [-0.4, -0.2) is 16.7 Å². The molecule has 0 bridgehead atoms. The number of benzene rings is 1. The molecule has 0 aliphatic carbocycles. The molecule has 3 rings (SSSR count). The standard InChI is InChI=1S/C13H8BrNO2S/c14-11-6-5-8(18-11)7-15-12(16)9-3-1-2-4-10(9)13(15)17/h1-6H,7H2. The van der Waals surface area contributed by atoms with Crippen LogP contribution in [0.2, 0.25) is 0 Å². The van der Waals surface area contributed by atoms with Crippen LogP contribution in [-0.2, 0) is 6.54 Å². The number of hydrogen-bond donors (Lipinski definition) is 0. The molecule has 0 atom stereocenters. The fraction of sp³-hybridized carbons (Fsp3) is 0.0769. The van der Waals surface area contributed by atoms with Gasteiger partial charge in [-0.2, -0.15) is 0 Å². The molecule has 3 nitrogen and oxygen atoms in total. The number of fused-ring (bicyclic) bond motifs is 1. The minimum absolute atomic E-state index is 0.208. The molecule has 5 heteroatoms. The SMILES string of the molecule is O=C1c2ccccc2C(=O)N1Cc1ccc(Br)s1. The van der Waals surface area contributed by atoms with E-state index < -0.39 is 0 Å². The number of amides is 2. The highest BCUT2D eigenvalue weighted by molar-refractivity contribution is 9.11. The van der Waals surface area contributed by atoms with E-state index in [9.17, 15) is 9.59 Å². The maximum atomic E-state index is 12.1. The van der Waals surface area contributed by atoms with Crippen molar-refractivity contribution >= 4 is 39.1 Å². The molecule has 0 unspecified atom stereocenters. The van der Waals surface area contributed by atoms with Crippen LogP contribution in [0.15, 0.2) is 40.2 Å². The molecule has 0 spiro atoms. The van der Waals surface area contributed by atoms with Gasteiger partial charge in [0, 0.05) is 4.88 Å². The number of halogens is 1. The van der Waals surface area contributed by atoms with Gasteiger partial charge < -0.3 is 0 Å². The zero-order chi connectivity index (χ0) is 12.7. The van der Waals surface area contributed by atoms with Gasteiger partial charge in [0.25, 0.3) is 11.8 Å². The molecule has 1 aromatic heterocycles. The summed E-state index contributed by atoms with van der Waals surface area (Å²) in [5.74, 6) is -0.416. The van der Waals surface area contributed by atoms with E-state index in [1.54, 1.807) is 24.3 Å². The maximum absolute atomic E-state index is 12.1. The quantitative estimate of drug-likeness (QED) is 0.796. The first-order valence-electron chi connectivity index (χ1n) is 5.36. The summed E-state index contributed by atoms with van der Waals surface area (Å²) in [4.78, 5) is 26.5. The monoisotopic (exact) mass is 321 g/mol. The Kier molecular flexibility index (Phi) is 2.80. The second-order valence-electron chi connectivity index (χ2n) is 3.95.